The Morgan fingerprint density at radius 3 is 2.75 bits per heavy atom. The minimum atomic E-state index is -0.559. The van der Waals surface area contributed by atoms with Crippen LogP contribution in [0.4, 0.5) is 0 Å². The average Bonchev–Trinajstić information content (AvgIpc) is 3.07. The minimum absolute atomic E-state index is 0.150. The van der Waals surface area contributed by atoms with Gasteiger partial charge in [-0.1, -0.05) is 49.0 Å². The Balaban J connectivity index is 1.80. The highest BCUT2D eigenvalue weighted by atomic mass is 32.2. The van der Waals surface area contributed by atoms with Crippen molar-refractivity contribution in [2.24, 2.45) is 0 Å². The molecule has 1 aromatic heterocycles. The van der Waals surface area contributed by atoms with Gasteiger partial charge in [0.2, 0.25) is 17.0 Å². The first-order valence-corrected chi connectivity index (χ1v) is 8.76. The quantitative estimate of drug-likeness (QED) is 0.630. The van der Waals surface area contributed by atoms with Gasteiger partial charge in [-0.05, 0) is 13.3 Å². The second-order valence-electron chi connectivity index (χ2n) is 5.20. The van der Waals surface area contributed by atoms with Crippen LogP contribution in [0.3, 0.4) is 0 Å². The minimum Gasteiger partial charge on any atom is -0.354 e. The van der Waals surface area contributed by atoms with Crippen molar-refractivity contribution in [3.63, 3.8) is 0 Å². The summed E-state index contributed by atoms with van der Waals surface area (Å²) >= 11 is 1.22. The number of carbonyl (C=O) groups excluding carboxylic acids is 2. The predicted molar refractivity (Wildman–Crippen MR) is 93.4 cm³/mol. The normalized spacial score (nSPS) is 11.8. The predicted octanol–water partition coefficient (Wildman–Crippen LogP) is 1.59. The molecule has 1 heterocycles. The fourth-order valence-corrected chi connectivity index (χ4v) is 2.53. The van der Waals surface area contributed by atoms with E-state index in [1.54, 1.807) is 6.92 Å². The number of benzene rings is 1. The smallest absolute Gasteiger partial charge is 0.242 e. The van der Waals surface area contributed by atoms with Crippen LogP contribution in [-0.2, 0) is 9.59 Å². The number of thioether (sulfide) groups is 1. The second-order valence-corrected chi connectivity index (χ2v) is 6.14. The molecule has 0 aliphatic heterocycles. The van der Waals surface area contributed by atoms with E-state index in [0.29, 0.717) is 17.5 Å². The number of carbonyl (C=O) groups is 2. The number of hydrogen-bond acceptors (Lipinski definition) is 5. The van der Waals surface area contributed by atoms with Crippen molar-refractivity contribution in [1.29, 1.82) is 0 Å². The van der Waals surface area contributed by atoms with Gasteiger partial charge >= 0.3 is 0 Å². The summed E-state index contributed by atoms with van der Waals surface area (Å²) in [6, 6.07) is 9.07. The van der Waals surface area contributed by atoms with Gasteiger partial charge in [0.25, 0.3) is 0 Å². The van der Waals surface area contributed by atoms with Gasteiger partial charge in [-0.25, -0.2) is 4.98 Å². The van der Waals surface area contributed by atoms with Crippen LogP contribution in [0.5, 0.6) is 0 Å². The Hall–Kier alpha value is -2.35. The van der Waals surface area contributed by atoms with E-state index in [0.717, 1.165) is 12.0 Å². The fourth-order valence-electron chi connectivity index (χ4n) is 1.92. The summed E-state index contributed by atoms with van der Waals surface area (Å²) in [7, 11) is 0. The summed E-state index contributed by atoms with van der Waals surface area (Å²) in [4.78, 5) is 28.0. The molecular formula is C16H21N5O2S. The van der Waals surface area contributed by atoms with Crippen LogP contribution >= 0.6 is 11.8 Å². The lowest BCUT2D eigenvalue weighted by Gasteiger charge is -2.13. The van der Waals surface area contributed by atoms with Gasteiger partial charge in [0.1, 0.15) is 6.04 Å². The van der Waals surface area contributed by atoms with Crippen LogP contribution in [0.25, 0.3) is 11.4 Å². The molecule has 0 bridgehead atoms. The molecule has 0 fully saturated rings. The third-order valence-corrected chi connectivity index (χ3v) is 4.01. The lowest BCUT2D eigenvalue weighted by Crippen LogP contribution is -2.45. The summed E-state index contributed by atoms with van der Waals surface area (Å²) in [6.45, 7) is 4.24. The molecule has 0 radical (unpaired) electrons. The molecule has 2 rings (SSSR count). The molecular weight excluding hydrogens is 326 g/mol. The van der Waals surface area contributed by atoms with Crippen LogP contribution in [0.1, 0.15) is 20.3 Å². The molecule has 8 heteroatoms. The number of hydrogen-bond donors (Lipinski definition) is 3. The largest absolute Gasteiger partial charge is 0.354 e. The Morgan fingerprint density at radius 2 is 2.04 bits per heavy atom. The monoisotopic (exact) mass is 347 g/mol. The second kappa shape index (κ2) is 9.07. The number of amides is 2. The average molecular weight is 347 g/mol. The SMILES string of the molecule is CCCNC(=O)[C@H](C)NC(=O)CSc1n[nH]c(-c2ccccc2)n1. The first kappa shape index (κ1) is 18.0. The van der Waals surface area contributed by atoms with E-state index < -0.39 is 6.04 Å². The first-order chi connectivity index (χ1) is 11.6. The molecule has 0 saturated heterocycles. The number of nitrogens with zero attached hydrogens (tertiary/aromatic N) is 2. The Labute approximate surface area is 145 Å². The zero-order valence-corrected chi connectivity index (χ0v) is 14.5. The number of H-pyrrole nitrogens is 1. The van der Waals surface area contributed by atoms with Crippen LogP contribution in [0.2, 0.25) is 0 Å². The van der Waals surface area contributed by atoms with Crippen molar-refractivity contribution in [2.75, 3.05) is 12.3 Å². The van der Waals surface area contributed by atoms with Gasteiger partial charge < -0.3 is 10.6 Å². The van der Waals surface area contributed by atoms with E-state index in [1.807, 2.05) is 37.3 Å². The molecule has 1 aromatic carbocycles. The Bertz CT molecular complexity index is 674. The van der Waals surface area contributed by atoms with E-state index in [1.165, 1.54) is 11.8 Å². The summed E-state index contributed by atoms with van der Waals surface area (Å²) in [5.41, 5.74) is 0.933. The fraction of sp³-hybridized carbons (Fsp3) is 0.375. The molecule has 24 heavy (non-hydrogen) atoms. The maximum Gasteiger partial charge on any atom is 0.242 e. The highest BCUT2D eigenvalue weighted by Gasteiger charge is 2.15. The molecule has 128 valence electrons. The van der Waals surface area contributed by atoms with E-state index in [-0.39, 0.29) is 17.6 Å². The van der Waals surface area contributed by atoms with E-state index in [9.17, 15) is 9.59 Å². The standard InChI is InChI=1S/C16H21N5O2S/c1-3-9-17-15(23)11(2)18-13(22)10-24-16-19-14(20-21-16)12-7-5-4-6-8-12/h4-8,11H,3,9-10H2,1-2H3,(H,17,23)(H,18,22)(H,19,20,21)/t11-/m0/s1. The molecule has 0 aliphatic rings. The molecule has 0 unspecified atom stereocenters. The van der Waals surface area contributed by atoms with Gasteiger partial charge in [0.15, 0.2) is 5.82 Å². The van der Waals surface area contributed by atoms with Gasteiger partial charge in [0.05, 0.1) is 5.75 Å². The lowest BCUT2D eigenvalue weighted by molar-refractivity contribution is -0.127. The van der Waals surface area contributed by atoms with Gasteiger partial charge in [-0.15, -0.1) is 5.10 Å². The lowest BCUT2D eigenvalue weighted by atomic mass is 10.2. The van der Waals surface area contributed by atoms with Crippen molar-refractivity contribution in [3.8, 4) is 11.4 Å². The summed E-state index contributed by atoms with van der Waals surface area (Å²) < 4.78 is 0. The molecule has 2 aromatic rings. The van der Waals surface area contributed by atoms with E-state index >= 15 is 0 Å². The molecule has 0 saturated carbocycles. The molecule has 0 aliphatic carbocycles. The van der Waals surface area contributed by atoms with Crippen molar-refractivity contribution < 1.29 is 9.59 Å². The van der Waals surface area contributed by atoms with Crippen molar-refractivity contribution in [2.45, 2.75) is 31.5 Å². The molecule has 7 nitrogen and oxygen atoms in total. The third kappa shape index (κ3) is 5.38. The van der Waals surface area contributed by atoms with Gasteiger partial charge in [-0.2, -0.15) is 0 Å². The first-order valence-electron chi connectivity index (χ1n) is 7.78. The van der Waals surface area contributed by atoms with E-state index in [4.69, 9.17) is 0 Å². The highest BCUT2D eigenvalue weighted by Crippen LogP contribution is 2.18. The molecule has 0 spiro atoms. The zero-order valence-electron chi connectivity index (χ0n) is 13.7. The molecule has 3 N–H and O–H groups in total. The Kier molecular flexibility index (Phi) is 6.80. The van der Waals surface area contributed by atoms with Gasteiger partial charge in [0, 0.05) is 12.1 Å². The Morgan fingerprint density at radius 1 is 1.29 bits per heavy atom. The van der Waals surface area contributed by atoms with Gasteiger partial charge in [-0.3, -0.25) is 14.7 Å². The number of nitrogens with one attached hydrogen (secondary N) is 3. The van der Waals surface area contributed by atoms with Crippen molar-refractivity contribution >= 4 is 23.6 Å². The zero-order chi connectivity index (χ0) is 17.4. The number of aromatic amines is 1. The third-order valence-electron chi connectivity index (χ3n) is 3.16. The number of rotatable bonds is 8. The van der Waals surface area contributed by atoms with Crippen LogP contribution in [0.15, 0.2) is 35.5 Å². The maximum atomic E-state index is 11.9. The van der Waals surface area contributed by atoms with Crippen LogP contribution in [-0.4, -0.2) is 45.3 Å². The molecule has 1 atom stereocenters. The number of aromatic nitrogens is 3. The summed E-state index contributed by atoms with van der Waals surface area (Å²) in [5, 5.41) is 12.8. The topological polar surface area (TPSA) is 99.8 Å². The summed E-state index contributed by atoms with van der Waals surface area (Å²) in [5.74, 6) is 0.396. The van der Waals surface area contributed by atoms with Crippen molar-refractivity contribution in [1.82, 2.24) is 25.8 Å². The van der Waals surface area contributed by atoms with Crippen molar-refractivity contribution in [3.05, 3.63) is 30.3 Å². The highest BCUT2D eigenvalue weighted by molar-refractivity contribution is 7.99. The maximum absolute atomic E-state index is 11.9. The van der Waals surface area contributed by atoms with Crippen LogP contribution < -0.4 is 10.6 Å². The van der Waals surface area contributed by atoms with E-state index in [2.05, 4.69) is 25.8 Å². The molecule has 2 amide bonds. The van der Waals surface area contributed by atoms with Crippen LogP contribution in [0, 0.1) is 0 Å². The summed E-state index contributed by atoms with van der Waals surface area (Å²) in [6.07, 6.45) is 0.858.